The third kappa shape index (κ3) is 3.04. The summed E-state index contributed by atoms with van der Waals surface area (Å²) in [5.41, 5.74) is 1.04. The van der Waals surface area contributed by atoms with Gasteiger partial charge in [0.25, 0.3) is 5.56 Å². The molecule has 124 valence electrons. The van der Waals surface area contributed by atoms with Crippen molar-refractivity contribution >= 4 is 27.5 Å². The number of carbonyl (C=O) groups is 1. The normalized spacial score (nSPS) is 18.9. The molecule has 0 amide bonds. The van der Waals surface area contributed by atoms with Crippen LogP contribution in [0.25, 0.3) is 10.2 Å². The first kappa shape index (κ1) is 16.2. The van der Waals surface area contributed by atoms with Crippen molar-refractivity contribution in [2.75, 3.05) is 0 Å². The lowest BCUT2D eigenvalue weighted by Gasteiger charge is -2.17. The van der Waals surface area contributed by atoms with E-state index >= 15 is 0 Å². The van der Waals surface area contributed by atoms with Gasteiger partial charge in [0.15, 0.2) is 11.9 Å². The van der Waals surface area contributed by atoms with Gasteiger partial charge in [-0.3, -0.25) is 9.59 Å². The van der Waals surface area contributed by atoms with Gasteiger partial charge in [0.05, 0.1) is 11.3 Å². The second-order valence-electron chi connectivity index (χ2n) is 6.72. The molecule has 2 aromatic rings. The van der Waals surface area contributed by atoms with Crippen LogP contribution in [0.3, 0.4) is 0 Å². The van der Waals surface area contributed by atoms with Crippen molar-refractivity contribution in [2.24, 2.45) is 11.8 Å². The number of fused-ring (bicyclic) bond motifs is 3. The SMILES string of the molecule is CC(C)C(=O)O[C@@H](C)c1nc2sc3c(c2c(=O)[nH]1)CC[C@H](C)C3. The average molecular weight is 334 g/mol. The van der Waals surface area contributed by atoms with E-state index in [1.54, 1.807) is 32.1 Å². The largest absolute Gasteiger partial charge is 0.454 e. The number of rotatable bonds is 3. The summed E-state index contributed by atoms with van der Waals surface area (Å²) in [6.07, 6.45) is 2.52. The third-order valence-electron chi connectivity index (χ3n) is 4.33. The number of aryl methyl sites for hydroxylation is 1. The highest BCUT2D eigenvalue weighted by molar-refractivity contribution is 7.18. The molecule has 2 atom stereocenters. The standard InChI is InChI=1S/C17H22N2O3S/c1-8(2)17(21)22-10(4)14-18-15(20)13-11-6-5-9(3)7-12(11)23-16(13)19-14/h8-10H,5-7H2,1-4H3,(H,18,19,20)/t9-,10-/m0/s1. The van der Waals surface area contributed by atoms with Crippen molar-refractivity contribution in [1.82, 2.24) is 9.97 Å². The minimum Gasteiger partial charge on any atom is -0.454 e. The summed E-state index contributed by atoms with van der Waals surface area (Å²) >= 11 is 1.60. The van der Waals surface area contributed by atoms with Crippen LogP contribution in [-0.4, -0.2) is 15.9 Å². The van der Waals surface area contributed by atoms with Gasteiger partial charge in [0.1, 0.15) is 4.83 Å². The molecule has 23 heavy (non-hydrogen) atoms. The third-order valence-corrected chi connectivity index (χ3v) is 5.48. The van der Waals surface area contributed by atoms with Crippen LogP contribution in [0, 0.1) is 11.8 Å². The molecular weight excluding hydrogens is 312 g/mol. The van der Waals surface area contributed by atoms with Crippen LogP contribution >= 0.6 is 11.3 Å². The number of thiophene rings is 1. The molecule has 0 spiro atoms. The second-order valence-corrected chi connectivity index (χ2v) is 7.80. The number of aromatic amines is 1. The molecule has 1 aliphatic rings. The van der Waals surface area contributed by atoms with Gasteiger partial charge in [-0.25, -0.2) is 4.98 Å². The van der Waals surface area contributed by atoms with Crippen molar-refractivity contribution in [3.8, 4) is 0 Å². The molecule has 0 saturated carbocycles. The molecule has 5 nitrogen and oxygen atoms in total. The van der Waals surface area contributed by atoms with E-state index in [-0.39, 0.29) is 17.4 Å². The molecule has 2 heterocycles. The second kappa shape index (κ2) is 6.07. The van der Waals surface area contributed by atoms with Crippen LogP contribution in [0.4, 0.5) is 0 Å². The summed E-state index contributed by atoms with van der Waals surface area (Å²) < 4.78 is 5.35. The highest BCUT2D eigenvalue weighted by Crippen LogP contribution is 2.35. The number of hydrogen-bond acceptors (Lipinski definition) is 5. The summed E-state index contributed by atoms with van der Waals surface area (Å²) in [6, 6.07) is 0. The lowest BCUT2D eigenvalue weighted by atomic mass is 9.89. The summed E-state index contributed by atoms with van der Waals surface area (Å²) in [7, 11) is 0. The fourth-order valence-electron chi connectivity index (χ4n) is 2.92. The van der Waals surface area contributed by atoms with Crippen LogP contribution in [0.1, 0.15) is 56.5 Å². The van der Waals surface area contributed by atoms with E-state index in [0.717, 1.165) is 35.0 Å². The maximum absolute atomic E-state index is 12.5. The topological polar surface area (TPSA) is 72.0 Å². The van der Waals surface area contributed by atoms with Gasteiger partial charge in [-0.2, -0.15) is 0 Å². The fraction of sp³-hybridized carbons (Fsp3) is 0.588. The Hall–Kier alpha value is -1.69. The zero-order valence-corrected chi connectivity index (χ0v) is 14.8. The molecule has 1 aliphatic carbocycles. The van der Waals surface area contributed by atoms with Gasteiger partial charge in [-0.15, -0.1) is 11.3 Å². The van der Waals surface area contributed by atoms with Gasteiger partial charge in [-0.05, 0) is 37.7 Å². The lowest BCUT2D eigenvalue weighted by molar-refractivity contribution is -0.152. The van der Waals surface area contributed by atoms with Crippen molar-refractivity contribution < 1.29 is 9.53 Å². The Kier molecular flexibility index (Phi) is 4.27. The molecule has 1 N–H and O–H groups in total. The van der Waals surface area contributed by atoms with E-state index in [4.69, 9.17) is 4.74 Å². The lowest BCUT2D eigenvalue weighted by Crippen LogP contribution is -2.19. The number of H-pyrrole nitrogens is 1. The van der Waals surface area contributed by atoms with E-state index < -0.39 is 6.10 Å². The predicted molar refractivity (Wildman–Crippen MR) is 90.8 cm³/mol. The minimum atomic E-state index is -0.556. The number of nitrogens with one attached hydrogen (secondary N) is 1. The number of ether oxygens (including phenoxy) is 1. The van der Waals surface area contributed by atoms with Crippen LogP contribution in [-0.2, 0) is 22.4 Å². The van der Waals surface area contributed by atoms with Crippen molar-refractivity contribution in [3.63, 3.8) is 0 Å². The number of esters is 1. The quantitative estimate of drug-likeness (QED) is 0.874. The molecular formula is C17H22N2O3S. The number of nitrogens with zero attached hydrogens (tertiary/aromatic N) is 1. The van der Waals surface area contributed by atoms with Crippen LogP contribution in [0.5, 0.6) is 0 Å². The van der Waals surface area contributed by atoms with Crippen LogP contribution < -0.4 is 5.56 Å². The number of aromatic nitrogens is 2. The molecule has 2 aromatic heterocycles. The van der Waals surface area contributed by atoms with E-state index in [1.165, 1.54) is 4.88 Å². The van der Waals surface area contributed by atoms with Gasteiger partial charge < -0.3 is 9.72 Å². The first-order chi connectivity index (χ1) is 10.9. The maximum atomic E-state index is 12.5. The summed E-state index contributed by atoms with van der Waals surface area (Å²) in [4.78, 5) is 33.6. The predicted octanol–water partition coefficient (Wildman–Crippen LogP) is 3.37. The Balaban J connectivity index is 1.99. The first-order valence-corrected chi connectivity index (χ1v) is 8.93. The molecule has 6 heteroatoms. The van der Waals surface area contributed by atoms with E-state index in [1.807, 2.05) is 0 Å². The van der Waals surface area contributed by atoms with Crippen molar-refractivity contribution in [2.45, 2.75) is 53.1 Å². The average Bonchev–Trinajstić information content (AvgIpc) is 2.84. The number of hydrogen-bond donors (Lipinski definition) is 1. The zero-order chi connectivity index (χ0) is 16.7. The smallest absolute Gasteiger partial charge is 0.309 e. The van der Waals surface area contributed by atoms with Crippen LogP contribution in [0.2, 0.25) is 0 Å². The Morgan fingerprint density at radius 3 is 2.83 bits per heavy atom. The molecule has 0 aliphatic heterocycles. The number of carbonyl (C=O) groups excluding carboxylic acids is 1. The van der Waals surface area contributed by atoms with Crippen molar-refractivity contribution in [1.29, 1.82) is 0 Å². The highest BCUT2D eigenvalue weighted by atomic mass is 32.1. The van der Waals surface area contributed by atoms with Gasteiger partial charge in [0.2, 0.25) is 0 Å². The van der Waals surface area contributed by atoms with E-state index in [0.29, 0.717) is 11.7 Å². The van der Waals surface area contributed by atoms with E-state index in [9.17, 15) is 9.59 Å². The van der Waals surface area contributed by atoms with Crippen LogP contribution in [0.15, 0.2) is 4.79 Å². The highest BCUT2D eigenvalue weighted by Gasteiger charge is 2.24. The summed E-state index contributed by atoms with van der Waals surface area (Å²) in [6.45, 7) is 7.54. The summed E-state index contributed by atoms with van der Waals surface area (Å²) in [5, 5.41) is 0.725. The van der Waals surface area contributed by atoms with Crippen molar-refractivity contribution in [3.05, 3.63) is 26.6 Å². The Morgan fingerprint density at radius 2 is 2.13 bits per heavy atom. The van der Waals surface area contributed by atoms with Gasteiger partial charge in [0, 0.05) is 4.88 Å². The molecule has 0 aromatic carbocycles. The zero-order valence-electron chi connectivity index (χ0n) is 13.9. The molecule has 3 rings (SSSR count). The molecule has 0 saturated heterocycles. The molecule has 0 fully saturated rings. The minimum absolute atomic E-state index is 0.121. The maximum Gasteiger partial charge on any atom is 0.309 e. The first-order valence-electron chi connectivity index (χ1n) is 8.11. The van der Waals surface area contributed by atoms with Gasteiger partial charge >= 0.3 is 5.97 Å². The monoisotopic (exact) mass is 334 g/mol. The fourth-order valence-corrected chi connectivity index (χ4v) is 4.31. The molecule has 0 unspecified atom stereocenters. The Morgan fingerprint density at radius 1 is 1.39 bits per heavy atom. The molecule has 0 bridgehead atoms. The summed E-state index contributed by atoms with van der Waals surface area (Å²) in [5.74, 6) is 0.575. The Bertz CT molecular complexity index is 806. The van der Waals surface area contributed by atoms with E-state index in [2.05, 4.69) is 16.9 Å². The van der Waals surface area contributed by atoms with Gasteiger partial charge in [-0.1, -0.05) is 20.8 Å². The Labute approximate surface area is 139 Å². The molecule has 0 radical (unpaired) electrons.